The molecular formula is C13H22ClNO2. The number of hydrogen-bond donors (Lipinski definition) is 0. The average Bonchev–Trinajstić information content (AvgIpc) is 2.69. The third-order valence-corrected chi connectivity index (χ3v) is 4.57. The second-order valence-corrected chi connectivity index (χ2v) is 5.83. The maximum atomic E-state index is 11.9. The van der Waals surface area contributed by atoms with E-state index < -0.39 is 0 Å². The zero-order chi connectivity index (χ0) is 12.3. The van der Waals surface area contributed by atoms with Gasteiger partial charge in [0.25, 0.3) is 0 Å². The molecule has 1 amide bonds. The molecule has 0 spiro atoms. The van der Waals surface area contributed by atoms with E-state index in [4.69, 9.17) is 16.3 Å². The molecule has 0 N–H and O–H groups in total. The molecule has 2 fully saturated rings. The van der Waals surface area contributed by atoms with Gasteiger partial charge in [-0.15, -0.1) is 11.6 Å². The average molecular weight is 260 g/mol. The van der Waals surface area contributed by atoms with E-state index in [-0.39, 0.29) is 11.3 Å². The van der Waals surface area contributed by atoms with Crippen LogP contribution >= 0.6 is 11.6 Å². The van der Waals surface area contributed by atoms with Crippen LogP contribution in [0.3, 0.4) is 0 Å². The van der Waals surface area contributed by atoms with E-state index in [2.05, 4.69) is 0 Å². The third-order valence-electron chi connectivity index (χ3n) is 4.38. The number of ether oxygens (including phenoxy) is 1. The number of hydrogen-bond acceptors (Lipinski definition) is 2. The van der Waals surface area contributed by atoms with Crippen LogP contribution in [-0.4, -0.2) is 43.5 Å². The Balaban J connectivity index is 2.05. The van der Waals surface area contributed by atoms with Crippen molar-refractivity contribution >= 4 is 17.5 Å². The number of fused-ring (bicyclic) bond motifs is 1. The topological polar surface area (TPSA) is 29.5 Å². The lowest BCUT2D eigenvalue weighted by Crippen LogP contribution is -2.38. The van der Waals surface area contributed by atoms with Crippen LogP contribution in [0.2, 0.25) is 0 Å². The molecule has 1 saturated heterocycles. The minimum atomic E-state index is 0.213. The van der Waals surface area contributed by atoms with Crippen molar-refractivity contribution in [2.24, 2.45) is 11.3 Å². The highest BCUT2D eigenvalue weighted by Crippen LogP contribution is 2.46. The molecule has 0 unspecified atom stereocenters. The van der Waals surface area contributed by atoms with Crippen LogP contribution in [-0.2, 0) is 9.53 Å². The number of likely N-dealkylation sites (tertiary alicyclic amines) is 1. The number of methoxy groups -OCH3 is 1. The largest absolute Gasteiger partial charge is 0.384 e. The third kappa shape index (κ3) is 2.60. The summed E-state index contributed by atoms with van der Waals surface area (Å²) in [5, 5.41) is 0. The number of alkyl halides is 1. The van der Waals surface area contributed by atoms with Crippen molar-refractivity contribution in [3.05, 3.63) is 0 Å². The van der Waals surface area contributed by atoms with Gasteiger partial charge in [-0.1, -0.05) is 12.8 Å². The van der Waals surface area contributed by atoms with Gasteiger partial charge in [-0.3, -0.25) is 4.79 Å². The summed E-state index contributed by atoms with van der Waals surface area (Å²) in [6.07, 6.45) is 5.49. The van der Waals surface area contributed by atoms with Crippen LogP contribution in [0.25, 0.3) is 0 Å². The molecule has 1 saturated carbocycles. The summed E-state index contributed by atoms with van der Waals surface area (Å²) in [4.78, 5) is 13.9. The summed E-state index contributed by atoms with van der Waals surface area (Å²) in [6, 6.07) is 0. The molecular weight excluding hydrogens is 238 g/mol. The summed E-state index contributed by atoms with van der Waals surface area (Å²) < 4.78 is 5.41. The Labute approximate surface area is 108 Å². The highest BCUT2D eigenvalue weighted by molar-refractivity contribution is 6.18. The fourth-order valence-corrected chi connectivity index (χ4v) is 3.70. The number of rotatable bonds is 4. The lowest BCUT2D eigenvalue weighted by molar-refractivity contribution is -0.130. The van der Waals surface area contributed by atoms with Crippen LogP contribution in [0.15, 0.2) is 0 Å². The van der Waals surface area contributed by atoms with Crippen LogP contribution in [0.4, 0.5) is 0 Å². The SMILES string of the molecule is COC[C@@]12CCCC[C@@H]1CN(C(=O)CCCl)C2. The molecule has 2 aliphatic rings. The van der Waals surface area contributed by atoms with Gasteiger partial charge in [0.2, 0.25) is 5.91 Å². The molecule has 1 aliphatic heterocycles. The predicted octanol–water partition coefficient (Wildman–Crippen LogP) is 2.28. The monoisotopic (exact) mass is 259 g/mol. The van der Waals surface area contributed by atoms with Crippen molar-refractivity contribution in [2.75, 3.05) is 32.7 Å². The number of amides is 1. The highest BCUT2D eigenvalue weighted by Gasteiger charge is 2.48. The Morgan fingerprint density at radius 3 is 3.06 bits per heavy atom. The molecule has 0 aromatic rings. The molecule has 17 heavy (non-hydrogen) atoms. The molecule has 0 aromatic heterocycles. The molecule has 1 heterocycles. The van der Waals surface area contributed by atoms with Crippen LogP contribution in [0, 0.1) is 11.3 Å². The lowest BCUT2D eigenvalue weighted by atomic mass is 9.69. The maximum Gasteiger partial charge on any atom is 0.223 e. The molecule has 0 aromatic carbocycles. The van der Waals surface area contributed by atoms with E-state index in [1.165, 1.54) is 25.7 Å². The van der Waals surface area contributed by atoms with Crippen molar-refractivity contribution in [3.8, 4) is 0 Å². The summed E-state index contributed by atoms with van der Waals surface area (Å²) in [6.45, 7) is 2.59. The standard InChI is InChI=1S/C13H22ClNO2/c1-17-10-13-6-3-2-4-11(13)8-15(9-13)12(16)5-7-14/h11H,2-10H2,1H3/t11-,13+/m1/s1. The Kier molecular flexibility index (Phi) is 4.31. The van der Waals surface area contributed by atoms with Crippen LogP contribution in [0.5, 0.6) is 0 Å². The van der Waals surface area contributed by atoms with Gasteiger partial charge in [0.15, 0.2) is 0 Å². The molecule has 0 bridgehead atoms. The normalized spacial score (nSPS) is 32.6. The molecule has 3 nitrogen and oxygen atoms in total. The van der Waals surface area contributed by atoms with Gasteiger partial charge in [-0.25, -0.2) is 0 Å². The van der Waals surface area contributed by atoms with Gasteiger partial charge in [0, 0.05) is 37.9 Å². The van der Waals surface area contributed by atoms with E-state index in [1.807, 2.05) is 4.90 Å². The van der Waals surface area contributed by atoms with Crippen molar-refractivity contribution < 1.29 is 9.53 Å². The minimum Gasteiger partial charge on any atom is -0.384 e. The number of carbonyl (C=O) groups excluding carboxylic acids is 1. The van der Waals surface area contributed by atoms with Crippen LogP contribution in [0.1, 0.15) is 32.1 Å². The first-order chi connectivity index (χ1) is 8.22. The molecule has 4 heteroatoms. The van der Waals surface area contributed by atoms with Gasteiger partial charge in [0.1, 0.15) is 0 Å². The van der Waals surface area contributed by atoms with E-state index >= 15 is 0 Å². The number of halogens is 1. The van der Waals surface area contributed by atoms with Gasteiger partial charge >= 0.3 is 0 Å². The first-order valence-corrected chi connectivity index (χ1v) is 7.08. The molecule has 0 radical (unpaired) electrons. The van der Waals surface area contributed by atoms with Crippen molar-refractivity contribution in [2.45, 2.75) is 32.1 Å². The lowest BCUT2D eigenvalue weighted by Gasteiger charge is -2.37. The van der Waals surface area contributed by atoms with Gasteiger partial charge in [-0.05, 0) is 18.8 Å². The van der Waals surface area contributed by atoms with Crippen molar-refractivity contribution in [3.63, 3.8) is 0 Å². The Bertz CT molecular complexity index is 281. The summed E-state index contributed by atoms with van der Waals surface area (Å²) in [5.74, 6) is 1.28. The highest BCUT2D eigenvalue weighted by atomic mass is 35.5. The molecule has 1 aliphatic carbocycles. The maximum absolute atomic E-state index is 11.9. The van der Waals surface area contributed by atoms with E-state index in [1.54, 1.807) is 7.11 Å². The first-order valence-electron chi connectivity index (χ1n) is 6.54. The summed E-state index contributed by atoms with van der Waals surface area (Å²) in [5.41, 5.74) is 0.231. The Hall–Kier alpha value is -0.280. The van der Waals surface area contributed by atoms with Gasteiger partial charge in [0.05, 0.1) is 6.61 Å². The first kappa shape index (κ1) is 13.2. The van der Waals surface area contributed by atoms with Crippen molar-refractivity contribution in [1.29, 1.82) is 0 Å². The zero-order valence-corrected chi connectivity index (χ0v) is 11.3. The van der Waals surface area contributed by atoms with E-state index in [0.717, 1.165) is 19.7 Å². The van der Waals surface area contributed by atoms with E-state index in [9.17, 15) is 4.79 Å². The van der Waals surface area contributed by atoms with E-state index in [0.29, 0.717) is 18.2 Å². The molecule has 98 valence electrons. The zero-order valence-electron chi connectivity index (χ0n) is 10.6. The summed E-state index contributed by atoms with van der Waals surface area (Å²) >= 11 is 5.65. The smallest absolute Gasteiger partial charge is 0.223 e. The van der Waals surface area contributed by atoms with Gasteiger partial charge < -0.3 is 9.64 Å². The number of carbonyl (C=O) groups is 1. The fraction of sp³-hybridized carbons (Fsp3) is 0.923. The van der Waals surface area contributed by atoms with Crippen molar-refractivity contribution in [1.82, 2.24) is 4.90 Å². The van der Waals surface area contributed by atoms with Gasteiger partial charge in [-0.2, -0.15) is 0 Å². The summed E-state index contributed by atoms with van der Waals surface area (Å²) in [7, 11) is 1.77. The Morgan fingerprint density at radius 1 is 1.53 bits per heavy atom. The fourth-order valence-electron chi connectivity index (χ4n) is 3.53. The molecule has 2 atom stereocenters. The second-order valence-electron chi connectivity index (χ2n) is 5.45. The molecule has 2 rings (SSSR count). The second kappa shape index (κ2) is 5.57. The minimum absolute atomic E-state index is 0.213. The quantitative estimate of drug-likeness (QED) is 0.725. The predicted molar refractivity (Wildman–Crippen MR) is 68.2 cm³/mol. The number of nitrogens with zero attached hydrogens (tertiary/aromatic N) is 1. The Morgan fingerprint density at radius 2 is 2.35 bits per heavy atom. The van der Waals surface area contributed by atoms with Crippen LogP contribution < -0.4 is 0 Å².